The molecule has 0 radical (unpaired) electrons. The largest absolute Gasteiger partial charge is 0.398 e. The molecule has 3 aromatic carbocycles. The molecule has 4 N–H and O–H groups in total. The van der Waals surface area contributed by atoms with Crippen molar-refractivity contribution in [2.24, 2.45) is 0 Å². The number of rotatable bonds is 6. The predicted octanol–water partition coefficient (Wildman–Crippen LogP) is 4.26. The molecule has 0 aliphatic rings. The fourth-order valence-electron chi connectivity index (χ4n) is 2.68. The van der Waals surface area contributed by atoms with E-state index >= 15 is 0 Å². The molecule has 0 aliphatic heterocycles. The summed E-state index contributed by atoms with van der Waals surface area (Å²) in [6, 6.07) is 19.9. The Balaban J connectivity index is 1.84. The number of nitrogen functional groups attached to an aromatic ring is 1. The fourth-order valence-corrected chi connectivity index (χ4v) is 2.95. The molecule has 152 valence electrons. The number of nitrogens with two attached hydrogens (primary N) is 1. The van der Waals surface area contributed by atoms with Crippen LogP contribution in [0.15, 0.2) is 83.0 Å². The van der Waals surface area contributed by atoms with E-state index in [1.807, 2.05) is 18.2 Å². The van der Waals surface area contributed by atoms with Crippen LogP contribution < -0.4 is 16.4 Å². The average molecular weight is 468 g/mol. The van der Waals surface area contributed by atoms with Gasteiger partial charge in [0.2, 0.25) is 0 Å². The van der Waals surface area contributed by atoms with E-state index in [0.717, 1.165) is 10.0 Å². The van der Waals surface area contributed by atoms with Gasteiger partial charge in [-0.2, -0.15) is 0 Å². The van der Waals surface area contributed by atoms with Crippen molar-refractivity contribution in [1.82, 2.24) is 10.6 Å². The summed E-state index contributed by atoms with van der Waals surface area (Å²) in [6.45, 7) is 0.179. The van der Waals surface area contributed by atoms with Crippen LogP contribution in [0, 0.1) is 5.82 Å². The molecule has 0 aromatic heterocycles. The molecule has 0 bridgehead atoms. The first kappa shape index (κ1) is 21.3. The van der Waals surface area contributed by atoms with E-state index in [9.17, 15) is 14.0 Å². The number of nitrogens with one attached hydrogen (secondary N) is 2. The Bertz CT molecular complexity index is 1100. The summed E-state index contributed by atoms with van der Waals surface area (Å²) >= 11 is 3.35. The molecular weight excluding hydrogens is 449 g/mol. The second-order valence-corrected chi connectivity index (χ2v) is 7.34. The summed E-state index contributed by atoms with van der Waals surface area (Å²) in [4.78, 5) is 25.4. The van der Waals surface area contributed by atoms with E-state index in [0.29, 0.717) is 11.3 Å². The number of amides is 2. The minimum absolute atomic E-state index is 0.0138. The van der Waals surface area contributed by atoms with Crippen LogP contribution in [0.1, 0.15) is 21.5 Å². The molecule has 5 nitrogen and oxygen atoms in total. The van der Waals surface area contributed by atoms with Crippen molar-refractivity contribution in [2.45, 2.75) is 6.54 Å². The molecule has 0 saturated carbocycles. The lowest BCUT2D eigenvalue weighted by Gasteiger charge is -2.12. The zero-order valence-electron chi connectivity index (χ0n) is 15.9. The minimum Gasteiger partial charge on any atom is -0.398 e. The molecule has 3 aromatic rings. The lowest BCUT2D eigenvalue weighted by molar-refractivity contribution is -0.117. The number of hydrogen-bond acceptors (Lipinski definition) is 3. The van der Waals surface area contributed by atoms with E-state index < -0.39 is 17.6 Å². The molecule has 0 unspecified atom stereocenters. The monoisotopic (exact) mass is 467 g/mol. The van der Waals surface area contributed by atoms with Crippen LogP contribution in [-0.4, -0.2) is 11.8 Å². The first-order chi connectivity index (χ1) is 14.4. The van der Waals surface area contributed by atoms with Gasteiger partial charge in [-0.15, -0.1) is 0 Å². The third-order valence-corrected chi connectivity index (χ3v) is 4.82. The van der Waals surface area contributed by atoms with Crippen molar-refractivity contribution < 1.29 is 14.0 Å². The van der Waals surface area contributed by atoms with Gasteiger partial charge in [-0.05, 0) is 47.5 Å². The number of para-hydroxylation sites is 1. The third-order valence-electron chi connectivity index (χ3n) is 4.29. The Morgan fingerprint density at radius 2 is 1.63 bits per heavy atom. The Morgan fingerprint density at radius 3 is 2.33 bits per heavy atom. The molecule has 0 heterocycles. The molecule has 2 amide bonds. The van der Waals surface area contributed by atoms with E-state index in [1.54, 1.807) is 36.4 Å². The summed E-state index contributed by atoms with van der Waals surface area (Å²) < 4.78 is 14.9. The zero-order valence-corrected chi connectivity index (χ0v) is 17.4. The molecule has 0 atom stereocenters. The van der Waals surface area contributed by atoms with Crippen molar-refractivity contribution >= 4 is 39.5 Å². The van der Waals surface area contributed by atoms with Gasteiger partial charge in [-0.1, -0.05) is 58.4 Å². The normalized spacial score (nSPS) is 11.1. The van der Waals surface area contributed by atoms with Gasteiger partial charge < -0.3 is 16.4 Å². The summed E-state index contributed by atoms with van der Waals surface area (Å²) in [6.07, 6.45) is 1.52. The van der Waals surface area contributed by atoms with Gasteiger partial charge >= 0.3 is 0 Å². The Hall–Kier alpha value is -3.45. The smallest absolute Gasteiger partial charge is 0.268 e. The standard InChI is InChI=1S/C23H19BrFN3O2/c24-17-11-9-15(10-12-17)13-21(28-22(29)18-6-2-3-7-19(18)25)23(30)27-14-16-5-1-4-8-20(16)26/h1-13H,14,26H2,(H,27,30)(H,28,29)/b21-13+. The molecular formula is C23H19BrFN3O2. The van der Waals surface area contributed by atoms with Crippen LogP contribution in [-0.2, 0) is 11.3 Å². The third kappa shape index (κ3) is 5.55. The first-order valence-corrected chi connectivity index (χ1v) is 9.88. The summed E-state index contributed by atoms with van der Waals surface area (Å²) in [7, 11) is 0. The molecule has 30 heavy (non-hydrogen) atoms. The van der Waals surface area contributed by atoms with E-state index in [-0.39, 0.29) is 17.8 Å². The SMILES string of the molecule is Nc1ccccc1CNC(=O)/C(=C\c1ccc(Br)cc1)NC(=O)c1ccccc1F. The summed E-state index contributed by atoms with van der Waals surface area (Å²) in [5.41, 5.74) is 7.73. The summed E-state index contributed by atoms with van der Waals surface area (Å²) in [5, 5.41) is 5.25. The molecule has 0 aliphatic carbocycles. The maximum Gasteiger partial charge on any atom is 0.268 e. The van der Waals surface area contributed by atoms with Crippen molar-refractivity contribution in [3.63, 3.8) is 0 Å². The van der Waals surface area contributed by atoms with Crippen molar-refractivity contribution in [2.75, 3.05) is 5.73 Å². The van der Waals surface area contributed by atoms with E-state index in [2.05, 4.69) is 26.6 Å². The van der Waals surface area contributed by atoms with Crippen LogP contribution in [0.5, 0.6) is 0 Å². The van der Waals surface area contributed by atoms with Crippen molar-refractivity contribution in [3.8, 4) is 0 Å². The number of anilines is 1. The predicted molar refractivity (Wildman–Crippen MR) is 119 cm³/mol. The second kappa shape index (κ2) is 9.84. The maximum atomic E-state index is 14.0. The Morgan fingerprint density at radius 1 is 0.967 bits per heavy atom. The quantitative estimate of drug-likeness (QED) is 0.374. The van der Waals surface area contributed by atoms with Crippen LogP contribution in [0.2, 0.25) is 0 Å². The molecule has 3 rings (SSSR count). The lowest BCUT2D eigenvalue weighted by Crippen LogP contribution is -2.35. The van der Waals surface area contributed by atoms with Gasteiger partial charge in [0.25, 0.3) is 11.8 Å². The topological polar surface area (TPSA) is 84.2 Å². The molecule has 7 heteroatoms. The number of carbonyl (C=O) groups is 2. The maximum absolute atomic E-state index is 14.0. The van der Waals surface area contributed by atoms with Crippen LogP contribution in [0.4, 0.5) is 10.1 Å². The van der Waals surface area contributed by atoms with Crippen LogP contribution >= 0.6 is 15.9 Å². The van der Waals surface area contributed by atoms with Gasteiger partial charge in [-0.25, -0.2) is 4.39 Å². The second-order valence-electron chi connectivity index (χ2n) is 6.43. The molecule has 0 saturated heterocycles. The van der Waals surface area contributed by atoms with Gasteiger partial charge in [-0.3, -0.25) is 9.59 Å². The lowest BCUT2D eigenvalue weighted by atomic mass is 10.1. The molecule has 0 fully saturated rings. The van der Waals surface area contributed by atoms with Crippen LogP contribution in [0.25, 0.3) is 6.08 Å². The first-order valence-electron chi connectivity index (χ1n) is 9.09. The zero-order chi connectivity index (χ0) is 21.5. The van der Waals surface area contributed by atoms with Gasteiger partial charge in [0.1, 0.15) is 11.5 Å². The highest BCUT2D eigenvalue weighted by Gasteiger charge is 2.17. The number of hydrogen-bond donors (Lipinski definition) is 3. The highest BCUT2D eigenvalue weighted by Crippen LogP contribution is 2.14. The highest BCUT2D eigenvalue weighted by molar-refractivity contribution is 9.10. The van der Waals surface area contributed by atoms with Crippen LogP contribution in [0.3, 0.4) is 0 Å². The summed E-state index contributed by atoms with van der Waals surface area (Å²) in [5.74, 6) is -1.91. The Kier molecular flexibility index (Phi) is 6.98. The Labute approximate surface area is 181 Å². The van der Waals surface area contributed by atoms with Gasteiger partial charge in [0.05, 0.1) is 5.56 Å². The van der Waals surface area contributed by atoms with E-state index in [1.165, 1.54) is 24.3 Å². The number of halogens is 2. The fraction of sp³-hybridized carbons (Fsp3) is 0.0435. The van der Waals surface area contributed by atoms with Gasteiger partial charge in [0.15, 0.2) is 0 Å². The number of carbonyl (C=O) groups excluding carboxylic acids is 2. The van der Waals surface area contributed by atoms with E-state index in [4.69, 9.17) is 5.73 Å². The van der Waals surface area contributed by atoms with Gasteiger partial charge in [0, 0.05) is 16.7 Å². The average Bonchev–Trinajstić information content (AvgIpc) is 2.74. The minimum atomic E-state index is -0.717. The van der Waals surface area contributed by atoms with Crippen molar-refractivity contribution in [3.05, 3.63) is 105 Å². The highest BCUT2D eigenvalue weighted by atomic mass is 79.9. The molecule has 0 spiro atoms. The van der Waals surface area contributed by atoms with Crippen molar-refractivity contribution in [1.29, 1.82) is 0 Å². The number of benzene rings is 3.